The van der Waals surface area contributed by atoms with Crippen molar-refractivity contribution in [1.29, 1.82) is 0 Å². The van der Waals surface area contributed by atoms with Gasteiger partial charge in [-0.05, 0) is 22.7 Å². The summed E-state index contributed by atoms with van der Waals surface area (Å²) in [4.78, 5) is 15.0. The minimum absolute atomic E-state index is 0.390. The van der Waals surface area contributed by atoms with E-state index in [9.17, 15) is 4.79 Å². The van der Waals surface area contributed by atoms with Crippen molar-refractivity contribution < 1.29 is 9.53 Å². The van der Waals surface area contributed by atoms with Gasteiger partial charge in [0.25, 0.3) is 0 Å². The molecule has 2 aromatic carbocycles. The van der Waals surface area contributed by atoms with E-state index in [0.29, 0.717) is 11.1 Å². The molecule has 0 bridgehead atoms. The van der Waals surface area contributed by atoms with Gasteiger partial charge < -0.3 is 4.74 Å². The van der Waals surface area contributed by atoms with E-state index >= 15 is 0 Å². The SMILES string of the molecule is [N-]=[N+]=N[C@H]1c2ccccc2C(=O)O[C@H]1c1ccccc1. The zero-order chi connectivity index (χ0) is 13.9. The van der Waals surface area contributed by atoms with Gasteiger partial charge in [0, 0.05) is 4.91 Å². The number of ether oxygens (including phenoxy) is 1. The zero-order valence-corrected chi connectivity index (χ0v) is 10.5. The Morgan fingerprint density at radius 1 is 1.05 bits per heavy atom. The van der Waals surface area contributed by atoms with Gasteiger partial charge in [-0.1, -0.05) is 53.6 Å². The lowest BCUT2D eigenvalue weighted by molar-refractivity contribution is 0.0173. The molecule has 1 aliphatic rings. The van der Waals surface area contributed by atoms with Crippen LogP contribution in [0, 0.1) is 0 Å². The van der Waals surface area contributed by atoms with E-state index in [-0.39, 0.29) is 5.97 Å². The van der Waals surface area contributed by atoms with Crippen LogP contribution < -0.4 is 0 Å². The minimum atomic E-state index is -0.588. The highest BCUT2D eigenvalue weighted by atomic mass is 16.5. The van der Waals surface area contributed by atoms with Crippen LogP contribution in [0.3, 0.4) is 0 Å². The number of hydrogen-bond acceptors (Lipinski definition) is 3. The number of hydrogen-bond donors (Lipinski definition) is 0. The first-order chi connectivity index (χ1) is 9.81. The highest BCUT2D eigenvalue weighted by molar-refractivity contribution is 5.92. The molecule has 0 spiro atoms. The van der Waals surface area contributed by atoms with Crippen LogP contribution in [0.5, 0.6) is 0 Å². The van der Waals surface area contributed by atoms with Crippen LogP contribution in [-0.2, 0) is 4.74 Å². The summed E-state index contributed by atoms with van der Waals surface area (Å²) in [6.45, 7) is 0. The molecule has 0 unspecified atom stereocenters. The number of rotatable bonds is 2. The second-order valence-corrected chi connectivity index (χ2v) is 4.47. The third kappa shape index (κ3) is 2.00. The second-order valence-electron chi connectivity index (χ2n) is 4.47. The van der Waals surface area contributed by atoms with Gasteiger partial charge in [-0.25, -0.2) is 4.79 Å². The summed E-state index contributed by atoms with van der Waals surface area (Å²) in [7, 11) is 0. The lowest BCUT2D eigenvalue weighted by Gasteiger charge is -2.30. The average Bonchev–Trinajstić information content (AvgIpc) is 2.51. The fourth-order valence-corrected chi connectivity index (χ4v) is 2.42. The van der Waals surface area contributed by atoms with Crippen molar-refractivity contribution in [3.05, 3.63) is 81.7 Å². The van der Waals surface area contributed by atoms with E-state index < -0.39 is 12.1 Å². The predicted molar refractivity (Wildman–Crippen MR) is 72.9 cm³/mol. The highest BCUT2D eigenvalue weighted by Gasteiger charge is 2.35. The number of azide groups is 1. The fourth-order valence-electron chi connectivity index (χ4n) is 2.42. The standard InChI is InChI=1S/C15H11N3O2/c16-18-17-13-11-8-4-5-9-12(11)15(19)20-14(13)10-6-2-1-3-7-10/h1-9,13-14H/t13-,14-/m0/s1. The summed E-state index contributed by atoms with van der Waals surface area (Å²) in [5, 5.41) is 3.82. The van der Waals surface area contributed by atoms with Crippen LogP contribution in [0.2, 0.25) is 0 Å². The van der Waals surface area contributed by atoms with Gasteiger partial charge in [-0.2, -0.15) is 0 Å². The molecular formula is C15H11N3O2. The van der Waals surface area contributed by atoms with Crippen molar-refractivity contribution in [2.75, 3.05) is 0 Å². The molecule has 0 aliphatic carbocycles. The van der Waals surface area contributed by atoms with Gasteiger partial charge in [0.2, 0.25) is 0 Å². The molecule has 0 saturated carbocycles. The molecule has 0 amide bonds. The van der Waals surface area contributed by atoms with E-state index in [1.54, 1.807) is 18.2 Å². The van der Waals surface area contributed by atoms with E-state index in [1.807, 2.05) is 36.4 Å². The Morgan fingerprint density at radius 2 is 1.75 bits per heavy atom. The van der Waals surface area contributed by atoms with Crippen LogP contribution in [0.1, 0.15) is 33.6 Å². The smallest absolute Gasteiger partial charge is 0.339 e. The molecule has 2 aromatic rings. The van der Waals surface area contributed by atoms with Crippen molar-refractivity contribution in [2.24, 2.45) is 5.11 Å². The summed E-state index contributed by atoms with van der Waals surface area (Å²) >= 11 is 0. The normalized spacial score (nSPS) is 20.5. The maximum atomic E-state index is 12.1. The van der Waals surface area contributed by atoms with Crippen LogP contribution >= 0.6 is 0 Å². The molecule has 20 heavy (non-hydrogen) atoms. The first-order valence-electron chi connectivity index (χ1n) is 6.20. The Kier molecular flexibility index (Phi) is 3.11. The van der Waals surface area contributed by atoms with E-state index in [4.69, 9.17) is 10.3 Å². The topological polar surface area (TPSA) is 75.1 Å². The minimum Gasteiger partial charge on any atom is -0.453 e. The molecule has 1 aliphatic heterocycles. The van der Waals surface area contributed by atoms with E-state index in [0.717, 1.165) is 5.56 Å². The largest absolute Gasteiger partial charge is 0.453 e. The van der Waals surface area contributed by atoms with Gasteiger partial charge in [-0.15, -0.1) is 0 Å². The Bertz CT molecular complexity index is 693. The molecule has 5 heteroatoms. The average molecular weight is 265 g/mol. The molecule has 0 saturated heterocycles. The highest BCUT2D eigenvalue weighted by Crippen LogP contribution is 2.41. The van der Waals surface area contributed by atoms with Crippen molar-refractivity contribution in [3.63, 3.8) is 0 Å². The maximum Gasteiger partial charge on any atom is 0.339 e. The van der Waals surface area contributed by atoms with Crippen molar-refractivity contribution in [3.8, 4) is 0 Å². The quantitative estimate of drug-likeness (QED) is 0.357. The molecule has 5 nitrogen and oxygen atoms in total. The fraction of sp³-hybridized carbons (Fsp3) is 0.133. The van der Waals surface area contributed by atoms with Crippen molar-refractivity contribution in [2.45, 2.75) is 12.1 Å². The second kappa shape index (κ2) is 5.07. The van der Waals surface area contributed by atoms with Crippen LogP contribution in [-0.4, -0.2) is 5.97 Å². The number of carbonyl (C=O) groups excluding carboxylic acids is 1. The summed E-state index contributed by atoms with van der Waals surface area (Å²) < 4.78 is 5.46. The lowest BCUT2D eigenvalue weighted by Crippen LogP contribution is -2.25. The monoisotopic (exact) mass is 265 g/mol. The molecule has 0 N–H and O–H groups in total. The van der Waals surface area contributed by atoms with Crippen LogP contribution in [0.4, 0.5) is 0 Å². The zero-order valence-electron chi connectivity index (χ0n) is 10.5. The number of nitrogens with zero attached hydrogens (tertiary/aromatic N) is 3. The first-order valence-corrected chi connectivity index (χ1v) is 6.20. The molecule has 0 aromatic heterocycles. The Balaban J connectivity index is 2.13. The molecular weight excluding hydrogens is 254 g/mol. The van der Waals surface area contributed by atoms with Gasteiger partial charge in [0.15, 0.2) is 0 Å². The lowest BCUT2D eigenvalue weighted by atomic mass is 9.90. The van der Waals surface area contributed by atoms with Gasteiger partial charge >= 0.3 is 5.97 Å². The Hall–Kier alpha value is -2.78. The Morgan fingerprint density at radius 3 is 2.50 bits per heavy atom. The number of cyclic esters (lactones) is 1. The van der Waals surface area contributed by atoms with Crippen LogP contribution in [0.25, 0.3) is 10.4 Å². The molecule has 0 radical (unpaired) electrons. The van der Waals surface area contributed by atoms with Crippen molar-refractivity contribution in [1.82, 2.24) is 0 Å². The molecule has 0 fully saturated rings. The summed E-state index contributed by atoms with van der Waals surface area (Å²) in [6, 6.07) is 15.8. The van der Waals surface area contributed by atoms with Crippen LogP contribution in [0.15, 0.2) is 59.7 Å². The van der Waals surface area contributed by atoms with E-state index in [2.05, 4.69) is 10.0 Å². The molecule has 1 heterocycles. The predicted octanol–water partition coefficient (Wildman–Crippen LogP) is 3.95. The number of fused-ring (bicyclic) bond motifs is 1. The number of benzene rings is 2. The molecule has 3 rings (SSSR count). The number of esters is 1. The third-order valence-electron chi connectivity index (χ3n) is 3.32. The summed E-state index contributed by atoms with van der Waals surface area (Å²) in [5.74, 6) is -0.390. The van der Waals surface area contributed by atoms with E-state index in [1.165, 1.54) is 0 Å². The summed E-state index contributed by atoms with van der Waals surface area (Å²) in [6.07, 6.45) is -0.588. The van der Waals surface area contributed by atoms with Gasteiger partial charge in [0.1, 0.15) is 12.1 Å². The Labute approximate surface area is 115 Å². The first kappa shape index (κ1) is 12.3. The van der Waals surface area contributed by atoms with Gasteiger partial charge in [0.05, 0.1) is 5.56 Å². The molecule has 2 atom stereocenters. The van der Waals surface area contributed by atoms with Crippen molar-refractivity contribution >= 4 is 5.97 Å². The summed E-state index contributed by atoms with van der Waals surface area (Å²) in [5.41, 5.74) is 10.8. The molecule has 98 valence electrons. The number of carbonyl (C=O) groups is 1. The maximum absolute atomic E-state index is 12.1. The third-order valence-corrected chi connectivity index (χ3v) is 3.32. The van der Waals surface area contributed by atoms with Gasteiger partial charge in [-0.3, -0.25) is 0 Å².